The van der Waals surface area contributed by atoms with Crippen molar-refractivity contribution in [1.29, 1.82) is 0 Å². The molecule has 1 saturated heterocycles. The summed E-state index contributed by atoms with van der Waals surface area (Å²) in [6.45, 7) is 6.00. The number of ether oxygens (including phenoxy) is 1. The minimum Gasteiger partial charge on any atom is -0.470 e. The van der Waals surface area contributed by atoms with Crippen LogP contribution in [0, 0.1) is 6.92 Å². The Morgan fingerprint density at radius 1 is 1.18 bits per heavy atom. The van der Waals surface area contributed by atoms with E-state index in [-0.39, 0.29) is 11.5 Å². The number of imidazole rings is 1. The first kappa shape index (κ1) is 25.7. The van der Waals surface area contributed by atoms with Crippen LogP contribution in [-0.2, 0) is 6.54 Å². The fourth-order valence-corrected chi connectivity index (χ4v) is 5.33. The standard InChI is InChI=1S/C29H32ClN7O2/c1-18-7-11-31-20(13-18)15-37-25(34-24-26(37)32-17-33-27(24)39-29(2)9-10-29)22-6-5-19(14-23(22)30)28(38)36-12-8-21(16-36)35(3)4/h5-7,11,13-14,17,21H,8-10,12,15-16H2,1-4H3/t21-/m0/s1. The highest BCUT2D eigenvalue weighted by molar-refractivity contribution is 6.33. The van der Waals surface area contributed by atoms with Gasteiger partial charge in [0, 0.05) is 36.5 Å². The van der Waals surface area contributed by atoms with Gasteiger partial charge in [0.25, 0.3) is 5.91 Å². The van der Waals surface area contributed by atoms with Crippen molar-refractivity contribution in [2.75, 3.05) is 27.2 Å². The Labute approximate surface area is 232 Å². The van der Waals surface area contributed by atoms with E-state index in [0.29, 0.717) is 58.1 Å². The van der Waals surface area contributed by atoms with Gasteiger partial charge in [-0.05, 0) is 83.1 Å². The van der Waals surface area contributed by atoms with Gasteiger partial charge in [-0.1, -0.05) is 11.6 Å². The molecule has 202 valence electrons. The summed E-state index contributed by atoms with van der Waals surface area (Å²) in [6.07, 6.45) is 6.23. The van der Waals surface area contributed by atoms with Gasteiger partial charge in [-0.2, -0.15) is 4.98 Å². The maximum absolute atomic E-state index is 13.3. The predicted octanol–water partition coefficient (Wildman–Crippen LogP) is 4.61. The number of aromatic nitrogens is 5. The fourth-order valence-electron chi connectivity index (χ4n) is 5.06. The molecule has 39 heavy (non-hydrogen) atoms. The Bertz CT molecular complexity index is 1560. The summed E-state index contributed by atoms with van der Waals surface area (Å²) in [5.74, 6) is 1.08. The van der Waals surface area contributed by atoms with Crippen molar-refractivity contribution >= 4 is 28.7 Å². The van der Waals surface area contributed by atoms with Gasteiger partial charge in [-0.3, -0.25) is 9.78 Å². The Balaban J connectivity index is 1.40. The SMILES string of the molecule is Cc1ccnc(Cn2c(-c3ccc(C(=O)N4CC[C@H](N(C)C)C4)cc3Cl)nc3c(OC4(C)CC4)ncnc32)c1. The molecule has 0 unspecified atom stereocenters. The Hall–Kier alpha value is -3.56. The lowest BCUT2D eigenvalue weighted by atomic mass is 10.1. The van der Waals surface area contributed by atoms with E-state index in [1.807, 2.05) is 40.7 Å². The zero-order valence-corrected chi connectivity index (χ0v) is 23.4. The lowest BCUT2D eigenvalue weighted by molar-refractivity contribution is 0.0783. The number of benzene rings is 1. The molecule has 3 aromatic heterocycles. The monoisotopic (exact) mass is 545 g/mol. The van der Waals surface area contributed by atoms with Crippen LogP contribution in [0.5, 0.6) is 5.88 Å². The molecule has 1 aliphatic heterocycles. The number of fused-ring (bicyclic) bond motifs is 1. The largest absolute Gasteiger partial charge is 0.470 e. The molecule has 1 amide bonds. The molecule has 1 saturated carbocycles. The molecule has 9 nitrogen and oxygen atoms in total. The minimum absolute atomic E-state index is 0.00973. The highest BCUT2D eigenvalue weighted by Gasteiger charge is 2.41. The fraction of sp³-hybridized carbons (Fsp3) is 0.414. The van der Waals surface area contributed by atoms with Crippen LogP contribution >= 0.6 is 11.6 Å². The van der Waals surface area contributed by atoms with E-state index >= 15 is 0 Å². The minimum atomic E-state index is -0.218. The zero-order valence-electron chi connectivity index (χ0n) is 22.7. The summed E-state index contributed by atoms with van der Waals surface area (Å²) in [6, 6.07) is 9.82. The third-order valence-corrected chi connectivity index (χ3v) is 8.04. The number of likely N-dealkylation sites (tertiary alicyclic amines) is 1. The van der Waals surface area contributed by atoms with Crippen LogP contribution in [0.15, 0.2) is 42.9 Å². The van der Waals surface area contributed by atoms with Crippen molar-refractivity contribution in [3.63, 3.8) is 0 Å². The van der Waals surface area contributed by atoms with E-state index < -0.39 is 0 Å². The Kier molecular flexibility index (Phi) is 6.51. The number of halogens is 1. The number of hydrogen-bond acceptors (Lipinski definition) is 7. The second kappa shape index (κ2) is 9.88. The number of likely N-dealkylation sites (N-methyl/N-ethyl adjacent to an activating group) is 1. The maximum atomic E-state index is 13.3. The second-order valence-electron chi connectivity index (χ2n) is 11.1. The Morgan fingerprint density at radius 2 is 2.00 bits per heavy atom. The quantitative estimate of drug-likeness (QED) is 0.335. The molecule has 0 bridgehead atoms. The summed E-state index contributed by atoms with van der Waals surface area (Å²) in [5, 5.41) is 0.447. The van der Waals surface area contributed by atoms with Crippen LogP contribution < -0.4 is 4.74 Å². The number of rotatable bonds is 7. The number of hydrogen-bond donors (Lipinski definition) is 0. The molecule has 1 aromatic carbocycles. The predicted molar refractivity (Wildman–Crippen MR) is 150 cm³/mol. The number of carbonyl (C=O) groups excluding carboxylic acids is 1. The average molecular weight is 546 g/mol. The van der Waals surface area contributed by atoms with Crippen molar-refractivity contribution in [2.24, 2.45) is 0 Å². The van der Waals surface area contributed by atoms with Crippen LogP contribution in [0.25, 0.3) is 22.6 Å². The maximum Gasteiger partial charge on any atom is 0.253 e. The van der Waals surface area contributed by atoms with Crippen molar-refractivity contribution in [2.45, 2.75) is 51.3 Å². The van der Waals surface area contributed by atoms with Gasteiger partial charge in [-0.15, -0.1) is 0 Å². The van der Waals surface area contributed by atoms with E-state index in [4.69, 9.17) is 21.3 Å². The lowest BCUT2D eigenvalue weighted by Crippen LogP contribution is -2.34. The third-order valence-electron chi connectivity index (χ3n) is 7.73. The smallest absolute Gasteiger partial charge is 0.253 e. The van der Waals surface area contributed by atoms with Gasteiger partial charge in [-0.25, -0.2) is 9.97 Å². The van der Waals surface area contributed by atoms with Crippen molar-refractivity contribution in [1.82, 2.24) is 34.3 Å². The molecule has 1 atom stereocenters. The average Bonchev–Trinajstić information content (AvgIpc) is 3.28. The number of aryl methyl sites for hydroxylation is 1. The molecule has 0 radical (unpaired) electrons. The van der Waals surface area contributed by atoms with E-state index in [1.54, 1.807) is 12.3 Å². The molecular weight excluding hydrogens is 514 g/mol. The number of nitrogens with zero attached hydrogens (tertiary/aromatic N) is 7. The molecule has 6 rings (SSSR count). The first-order chi connectivity index (χ1) is 18.7. The highest BCUT2D eigenvalue weighted by atomic mass is 35.5. The van der Waals surface area contributed by atoms with Gasteiger partial charge in [0.2, 0.25) is 5.88 Å². The van der Waals surface area contributed by atoms with Crippen LogP contribution in [0.3, 0.4) is 0 Å². The molecular formula is C29H32ClN7O2. The van der Waals surface area contributed by atoms with Crippen LogP contribution in [0.1, 0.15) is 47.8 Å². The molecule has 0 spiro atoms. The molecule has 4 heterocycles. The van der Waals surface area contributed by atoms with Crippen LogP contribution in [0.4, 0.5) is 0 Å². The summed E-state index contributed by atoms with van der Waals surface area (Å²) in [5.41, 5.74) is 4.27. The van der Waals surface area contributed by atoms with Crippen molar-refractivity contribution < 1.29 is 9.53 Å². The van der Waals surface area contributed by atoms with Gasteiger partial charge in [0.15, 0.2) is 11.2 Å². The normalized spacial score (nSPS) is 18.2. The van der Waals surface area contributed by atoms with Gasteiger partial charge in [0.1, 0.15) is 17.8 Å². The van der Waals surface area contributed by atoms with Gasteiger partial charge in [0.05, 0.1) is 17.3 Å². The third kappa shape index (κ3) is 5.08. The summed E-state index contributed by atoms with van der Waals surface area (Å²) >= 11 is 6.86. The lowest BCUT2D eigenvalue weighted by Gasteiger charge is -2.20. The molecule has 1 aliphatic carbocycles. The highest BCUT2D eigenvalue weighted by Crippen LogP contribution is 2.41. The molecule has 2 fully saturated rings. The molecule has 2 aliphatic rings. The van der Waals surface area contributed by atoms with Gasteiger partial charge >= 0.3 is 0 Å². The summed E-state index contributed by atoms with van der Waals surface area (Å²) in [7, 11) is 4.10. The van der Waals surface area contributed by atoms with Crippen molar-refractivity contribution in [3.8, 4) is 17.3 Å². The van der Waals surface area contributed by atoms with E-state index in [1.165, 1.54) is 6.33 Å². The summed E-state index contributed by atoms with van der Waals surface area (Å²) < 4.78 is 8.23. The number of pyridine rings is 1. The van der Waals surface area contributed by atoms with Gasteiger partial charge < -0.3 is 19.1 Å². The van der Waals surface area contributed by atoms with E-state index in [0.717, 1.165) is 37.1 Å². The number of carbonyl (C=O) groups is 1. The summed E-state index contributed by atoms with van der Waals surface area (Å²) in [4.78, 5) is 35.8. The number of amides is 1. The van der Waals surface area contributed by atoms with Crippen LogP contribution in [-0.4, -0.2) is 79.0 Å². The molecule has 0 N–H and O–H groups in total. The van der Waals surface area contributed by atoms with E-state index in [9.17, 15) is 4.79 Å². The first-order valence-corrected chi connectivity index (χ1v) is 13.7. The topological polar surface area (TPSA) is 89.3 Å². The molecule has 4 aromatic rings. The van der Waals surface area contributed by atoms with E-state index in [2.05, 4.69) is 40.9 Å². The first-order valence-electron chi connectivity index (χ1n) is 13.3. The molecule has 10 heteroatoms. The van der Waals surface area contributed by atoms with Crippen molar-refractivity contribution in [3.05, 3.63) is 64.7 Å². The Morgan fingerprint density at radius 3 is 2.69 bits per heavy atom. The zero-order chi connectivity index (χ0) is 27.3. The second-order valence-corrected chi connectivity index (χ2v) is 11.5. The van der Waals surface area contributed by atoms with Crippen LogP contribution in [0.2, 0.25) is 5.02 Å².